The van der Waals surface area contributed by atoms with E-state index in [0.29, 0.717) is 0 Å². The van der Waals surface area contributed by atoms with Crippen LogP contribution in [-0.4, -0.2) is 29.5 Å². The fraction of sp³-hybridized carbons (Fsp3) is 0.419. The van der Waals surface area contributed by atoms with E-state index >= 15 is 0 Å². The number of hydrogen-bond donors (Lipinski definition) is 0. The lowest BCUT2D eigenvalue weighted by Gasteiger charge is -2.51. The molecule has 1 aliphatic heterocycles. The van der Waals surface area contributed by atoms with E-state index in [4.69, 9.17) is 8.61 Å². The number of rotatable bonds is 10. The third kappa shape index (κ3) is 7.30. The molecule has 0 bridgehead atoms. The SMILES string of the molecule is CC(C)(C)[Si](C)(C)O[C@@H](CC[C@H]1CN(c2ccc(F)cc2)[C@@H]1c1ccc(OS(C)(=O)=O)cc1)c1ccc(F)cc1. The molecule has 5 nitrogen and oxygen atoms in total. The van der Waals surface area contributed by atoms with Crippen LogP contribution in [0, 0.1) is 17.6 Å². The van der Waals surface area contributed by atoms with Gasteiger partial charge in [0.2, 0.25) is 0 Å². The second kappa shape index (κ2) is 11.6. The second-order valence-corrected chi connectivity index (χ2v) is 18.5. The standard InChI is InChI=1S/C31H39F2NO4SSi/c1-31(2,3)40(5,6)38-29(22-7-12-25(32)13-8-22)20-11-24-21-34(27-16-14-26(33)15-17-27)30(24)23-9-18-28(19-10-23)37-39(4,35)36/h7-10,12-19,24,29-30H,11,20-21H2,1-6H3/t24-,29-,30+/m0/s1. The average molecular weight is 588 g/mol. The van der Waals surface area contributed by atoms with Crippen LogP contribution in [-0.2, 0) is 14.5 Å². The Morgan fingerprint density at radius 2 is 1.48 bits per heavy atom. The first-order valence-corrected chi connectivity index (χ1v) is 18.3. The highest BCUT2D eigenvalue weighted by Gasteiger charge is 2.42. The van der Waals surface area contributed by atoms with E-state index in [1.165, 1.54) is 24.3 Å². The van der Waals surface area contributed by atoms with Gasteiger partial charge in [0.1, 0.15) is 17.4 Å². The lowest BCUT2D eigenvalue weighted by atomic mass is 9.79. The van der Waals surface area contributed by atoms with E-state index in [0.717, 1.165) is 42.5 Å². The zero-order valence-electron chi connectivity index (χ0n) is 24.0. The van der Waals surface area contributed by atoms with Crippen molar-refractivity contribution in [2.45, 2.75) is 63.9 Å². The van der Waals surface area contributed by atoms with Gasteiger partial charge in [0, 0.05) is 18.2 Å². The van der Waals surface area contributed by atoms with Gasteiger partial charge in [0.15, 0.2) is 8.32 Å². The highest BCUT2D eigenvalue weighted by Crippen LogP contribution is 2.47. The molecule has 40 heavy (non-hydrogen) atoms. The summed E-state index contributed by atoms with van der Waals surface area (Å²) in [5.41, 5.74) is 2.91. The van der Waals surface area contributed by atoms with Crippen LogP contribution in [0.3, 0.4) is 0 Å². The molecule has 0 spiro atoms. The molecule has 3 aromatic rings. The van der Waals surface area contributed by atoms with Crippen LogP contribution in [0.2, 0.25) is 18.1 Å². The lowest BCUT2D eigenvalue weighted by molar-refractivity contribution is 0.150. The van der Waals surface area contributed by atoms with Crippen molar-refractivity contribution >= 4 is 24.1 Å². The summed E-state index contributed by atoms with van der Waals surface area (Å²) in [6.07, 6.45) is 2.49. The smallest absolute Gasteiger partial charge is 0.306 e. The van der Waals surface area contributed by atoms with Gasteiger partial charge in [0.25, 0.3) is 0 Å². The Morgan fingerprint density at radius 1 is 0.925 bits per heavy atom. The van der Waals surface area contributed by atoms with Gasteiger partial charge in [-0.3, -0.25) is 0 Å². The highest BCUT2D eigenvalue weighted by atomic mass is 32.2. The largest absolute Gasteiger partial charge is 0.410 e. The summed E-state index contributed by atoms with van der Waals surface area (Å²) in [5, 5.41) is 0.0272. The molecule has 216 valence electrons. The van der Waals surface area contributed by atoms with Crippen LogP contribution in [0.25, 0.3) is 0 Å². The number of nitrogens with zero attached hydrogens (tertiary/aromatic N) is 1. The zero-order chi connectivity index (χ0) is 29.3. The van der Waals surface area contributed by atoms with Crippen molar-refractivity contribution in [3.63, 3.8) is 0 Å². The first-order valence-electron chi connectivity index (χ1n) is 13.6. The van der Waals surface area contributed by atoms with Gasteiger partial charge in [-0.15, -0.1) is 0 Å². The van der Waals surface area contributed by atoms with E-state index in [1.54, 1.807) is 24.3 Å². The minimum absolute atomic E-state index is 0.0134. The topological polar surface area (TPSA) is 55.8 Å². The molecule has 1 heterocycles. The first-order chi connectivity index (χ1) is 18.6. The molecule has 3 atom stereocenters. The van der Waals surface area contributed by atoms with E-state index in [2.05, 4.69) is 38.8 Å². The second-order valence-electron chi connectivity index (χ2n) is 12.2. The molecule has 4 rings (SSSR count). The van der Waals surface area contributed by atoms with Crippen molar-refractivity contribution in [2.24, 2.45) is 5.92 Å². The van der Waals surface area contributed by atoms with Gasteiger partial charge in [-0.1, -0.05) is 45.0 Å². The molecule has 0 aromatic heterocycles. The van der Waals surface area contributed by atoms with Gasteiger partial charge < -0.3 is 13.5 Å². The van der Waals surface area contributed by atoms with Gasteiger partial charge in [-0.2, -0.15) is 8.42 Å². The summed E-state index contributed by atoms with van der Waals surface area (Å²) in [6.45, 7) is 11.9. The molecular weight excluding hydrogens is 548 g/mol. The van der Waals surface area contributed by atoms with Crippen molar-refractivity contribution in [2.75, 3.05) is 17.7 Å². The molecule has 9 heteroatoms. The monoisotopic (exact) mass is 587 g/mol. The summed E-state index contributed by atoms with van der Waals surface area (Å²) in [6, 6.07) is 20.2. The van der Waals surface area contributed by atoms with Crippen LogP contribution in [0.15, 0.2) is 72.8 Å². The van der Waals surface area contributed by atoms with Crippen molar-refractivity contribution < 1.29 is 25.8 Å². The van der Waals surface area contributed by atoms with Gasteiger partial charge >= 0.3 is 10.1 Å². The van der Waals surface area contributed by atoms with Crippen LogP contribution in [0.4, 0.5) is 14.5 Å². The molecule has 3 aromatic carbocycles. The van der Waals surface area contributed by atoms with Crippen molar-refractivity contribution in [1.82, 2.24) is 0 Å². The molecule has 0 aliphatic carbocycles. The first kappa shape index (κ1) is 30.2. The Labute approximate surface area is 238 Å². The maximum atomic E-state index is 13.7. The molecule has 1 fully saturated rings. The molecule has 0 N–H and O–H groups in total. The maximum absolute atomic E-state index is 13.7. The predicted octanol–water partition coefficient (Wildman–Crippen LogP) is 8.02. The molecular formula is C31H39F2NO4SSi. The molecule has 0 unspecified atom stereocenters. The van der Waals surface area contributed by atoms with Gasteiger partial charge in [0.05, 0.1) is 18.4 Å². The van der Waals surface area contributed by atoms with Gasteiger partial charge in [-0.25, -0.2) is 8.78 Å². The quantitative estimate of drug-likeness (QED) is 0.178. The Bertz CT molecular complexity index is 1390. The molecule has 1 saturated heterocycles. The van der Waals surface area contributed by atoms with E-state index < -0.39 is 18.4 Å². The number of benzene rings is 3. The highest BCUT2D eigenvalue weighted by molar-refractivity contribution is 7.86. The van der Waals surface area contributed by atoms with Crippen LogP contribution in [0.5, 0.6) is 5.75 Å². The predicted molar refractivity (Wildman–Crippen MR) is 159 cm³/mol. The summed E-state index contributed by atoms with van der Waals surface area (Å²) in [7, 11) is -5.73. The summed E-state index contributed by atoms with van der Waals surface area (Å²) >= 11 is 0. The van der Waals surface area contributed by atoms with E-state index in [-0.39, 0.29) is 40.5 Å². The van der Waals surface area contributed by atoms with Gasteiger partial charge in [-0.05, 0) is 90.6 Å². The Morgan fingerprint density at radius 3 is 2.00 bits per heavy atom. The Hall–Kier alpha value is -2.75. The fourth-order valence-electron chi connectivity index (χ4n) is 4.95. The number of anilines is 1. The summed E-state index contributed by atoms with van der Waals surface area (Å²) < 4.78 is 62.4. The molecule has 0 radical (unpaired) electrons. The Kier molecular flexibility index (Phi) is 8.78. The maximum Gasteiger partial charge on any atom is 0.306 e. The zero-order valence-corrected chi connectivity index (χ0v) is 25.8. The van der Waals surface area contributed by atoms with Crippen molar-refractivity contribution in [3.8, 4) is 5.75 Å². The average Bonchev–Trinajstić information content (AvgIpc) is 2.84. The Balaban J connectivity index is 1.58. The van der Waals surface area contributed by atoms with Crippen LogP contribution in [0.1, 0.15) is 56.9 Å². The van der Waals surface area contributed by atoms with Crippen LogP contribution >= 0.6 is 0 Å². The molecule has 1 aliphatic rings. The third-order valence-corrected chi connectivity index (χ3v) is 13.1. The third-order valence-electron chi connectivity index (χ3n) is 8.13. The summed E-state index contributed by atoms with van der Waals surface area (Å²) in [5.74, 6) is -0.0241. The van der Waals surface area contributed by atoms with Crippen molar-refractivity contribution in [1.29, 1.82) is 0 Å². The summed E-state index contributed by atoms with van der Waals surface area (Å²) in [4.78, 5) is 2.23. The number of halogens is 2. The van der Waals surface area contributed by atoms with E-state index in [1.807, 2.05) is 24.3 Å². The minimum atomic E-state index is -3.62. The molecule has 0 saturated carbocycles. The van der Waals surface area contributed by atoms with Crippen molar-refractivity contribution in [3.05, 3.63) is 95.6 Å². The fourth-order valence-corrected chi connectivity index (χ4v) is 6.73. The minimum Gasteiger partial charge on any atom is -0.410 e. The van der Waals surface area contributed by atoms with Crippen LogP contribution < -0.4 is 9.08 Å². The number of hydrogen-bond acceptors (Lipinski definition) is 5. The normalized spacial score (nSPS) is 18.8. The lowest BCUT2D eigenvalue weighted by Crippen LogP contribution is -2.50. The van der Waals surface area contributed by atoms with E-state index in [9.17, 15) is 17.2 Å². The molecule has 0 amide bonds.